The van der Waals surface area contributed by atoms with Gasteiger partial charge in [-0.25, -0.2) is 0 Å². The van der Waals surface area contributed by atoms with Crippen molar-refractivity contribution in [3.8, 4) is 17.0 Å². The zero-order valence-electron chi connectivity index (χ0n) is 25.9. The first-order valence-corrected chi connectivity index (χ1v) is 16.3. The number of methoxy groups -OCH3 is 1. The minimum absolute atomic E-state index is 0.111. The van der Waals surface area contributed by atoms with Gasteiger partial charge in [-0.1, -0.05) is 44.7 Å². The summed E-state index contributed by atoms with van der Waals surface area (Å²) in [5.74, 6) is 1.50. The highest BCUT2D eigenvalue weighted by molar-refractivity contribution is 7.77. The SMILES string of the molecule is C=C1C2CNCC2N1C(=O)C12CC1c1cc(OC)ccc1-c1c(C3CCCCC3)c3ccc(C(N)=O)cc3n1C2.CN(C)S. The van der Waals surface area contributed by atoms with Gasteiger partial charge in [0.2, 0.25) is 11.8 Å². The third kappa shape index (κ3) is 4.50. The molecular weight excluding hydrogens is 570 g/mol. The first-order chi connectivity index (χ1) is 21.2. The lowest BCUT2D eigenvalue weighted by Crippen LogP contribution is -2.58. The molecule has 2 amide bonds. The number of likely N-dealkylation sites (tertiary alicyclic amines) is 1. The van der Waals surface area contributed by atoms with E-state index >= 15 is 0 Å². The summed E-state index contributed by atoms with van der Waals surface area (Å²) in [7, 11) is 5.43. The average molecular weight is 614 g/mol. The molecule has 2 aromatic carbocycles. The lowest BCUT2D eigenvalue weighted by Gasteiger charge is -2.47. The maximum Gasteiger partial charge on any atom is 0.248 e. The van der Waals surface area contributed by atoms with Crippen molar-refractivity contribution in [1.29, 1.82) is 0 Å². The monoisotopic (exact) mass is 613 g/mol. The predicted octanol–water partition coefficient (Wildman–Crippen LogP) is 5.29. The van der Waals surface area contributed by atoms with Crippen molar-refractivity contribution in [3.05, 3.63) is 65.4 Å². The van der Waals surface area contributed by atoms with Gasteiger partial charge >= 0.3 is 0 Å². The van der Waals surface area contributed by atoms with Crippen LogP contribution in [0.3, 0.4) is 0 Å². The van der Waals surface area contributed by atoms with Crippen LogP contribution in [0.5, 0.6) is 5.75 Å². The van der Waals surface area contributed by atoms with Crippen molar-refractivity contribution in [2.75, 3.05) is 34.3 Å². The number of rotatable bonds is 4. The number of aromatic nitrogens is 1. The Labute approximate surface area is 265 Å². The number of amides is 2. The van der Waals surface area contributed by atoms with Gasteiger partial charge in [0.15, 0.2) is 0 Å². The van der Waals surface area contributed by atoms with Gasteiger partial charge in [0.05, 0.1) is 24.3 Å². The van der Waals surface area contributed by atoms with Crippen LogP contribution < -0.4 is 15.8 Å². The smallest absolute Gasteiger partial charge is 0.248 e. The number of benzene rings is 2. The molecule has 3 N–H and O–H groups in total. The second-order valence-corrected chi connectivity index (χ2v) is 14.3. The fraction of sp³-hybridized carbons (Fsp3) is 0.486. The van der Waals surface area contributed by atoms with Crippen LogP contribution in [0.25, 0.3) is 22.2 Å². The fourth-order valence-corrected chi connectivity index (χ4v) is 8.54. The standard InChI is InChI=1S/C33H36N4O3.C2H7NS/c1-18-25-15-35-16-28(25)37(18)32(39)33-14-26(33)24-13-21(40-2)9-11-22(24)30-29(19-6-4-3-5-7-19)23-10-8-20(31(34)38)12-27(23)36(30)17-33;1-3(2)4/h8-13,19,25-26,28,35H,1,3-7,14-17H2,2H3,(H2,34,38);4H,1-2H3. The van der Waals surface area contributed by atoms with Crippen molar-refractivity contribution < 1.29 is 14.3 Å². The van der Waals surface area contributed by atoms with Gasteiger partial charge in [-0.2, -0.15) is 0 Å². The van der Waals surface area contributed by atoms with E-state index in [-0.39, 0.29) is 17.9 Å². The van der Waals surface area contributed by atoms with Crippen molar-refractivity contribution in [3.63, 3.8) is 0 Å². The highest BCUT2D eigenvalue weighted by atomic mass is 32.1. The molecule has 0 radical (unpaired) electrons. The van der Waals surface area contributed by atoms with Gasteiger partial charge in [0, 0.05) is 59.2 Å². The van der Waals surface area contributed by atoms with E-state index in [1.165, 1.54) is 47.0 Å². The average Bonchev–Trinajstić information content (AvgIpc) is 3.49. The van der Waals surface area contributed by atoms with Gasteiger partial charge in [-0.05, 0) is 80.7 Å². The molecule has 4 heterocycles. The van der Waals surface area contributed by atoms with Gasteiger partial charge in [0.25, 0.3) is 0 Å². The van der Waals surface area contributed by atoms with Crippen LogP contribution in [0, 0.1) is 11.3 Å². The molecule has 5 aliphatic rings. The Hall–Kier alpha value is -3.27. The van der Waals surface area contributed by atoms with E-state index < -0.39 is 11.3 Å². The van der Waals surface area contributed by atoms with E-state index in [4.69, 9.17) is 10.5 Å². The van der Waals surface area contributed by atoms with E-state index in [0.29, 0.717) is 23.9 Å². The molecule has 1 aromatic heterocycles. The van der Waals surface area contributed by atoms with Crippen LogP contribution in [0.2, 0.25) is 0 Å². The maximum absolute atomic E-state index is 14.6. The van der Waals surface area contributed by atoms with Crippen LogP contribution >= 0.6 is 12.8 Å². The minimum atomic E-state index is -0.554. The number of thiol groups is 1. The number of nitrogens with zero attached hydrogens (tertiary/aromatic N) is 3. The Morgan fingerprint density at radius 3 is 2.57 bits per heavy atom. The molecule has 9 heteroatoms. The molecule has 2 saturated carbocycles. The van der Waals surface area contributed by atoms with E-state index in [9.17, 15) is 9.59 Å². The van der Waals surface area contributed by atoms with E-state index in [1.807, 2.05) is 37.2 Å². The summed E-state index contributed by atoms with van der Waals surface area (Å²) in [6, 6.07) is 12.5. The normalized spacial score (nSPS) is 26.9. The Kier molecular flexibility index (Phi) is 7.34. The molecule has 2 aliphatic carbocycles. The van der Waals surface area contributed by atoms with Crippen LogP contribution in [-0.4, -0.2) is 65.9 Å². The lowest BCUT2D eigenvalue weighted by atomic mass is 9.81. The lowest BCUT2D eigenvalue weighted by molar-refractivity contribution is -0.142. The summed E-state index contributed by atoms with van der Waals surface area (Å²) >= 11 is 3.80. The Bertz CT molecular complexity index is 1670. The number of fused-ring (bicyclic) bond motifs is 8. The first-order valence-electron chi connectivity index (χ1n) is 15.9. The molecular formula is C35H43N5O3S. The second kappa shape index (κ2) is 11.0. The van der Waals surface area contributed by atoms with E-state index in [0.717, 1.165) is 49.3 Å². The third-order valence-electron chi connectivity index (χ3n) is 10.7. The molecule has 3 aliphatic heterocycles. The van der Waals surface area contributed by atoms with Crippen LogP contribution in [-0.2, 0) is 11.3 Å². The largest absolute Gasteiger partial charge is 0.497 e. The Balaban J connectivity index is 0.000000739. The number of hydrogen-bond donors (Lipinski definition) is 3. The molecule has 44 heavy (non-hydrogen) atoms. The van der Waals surface area contributed by atoms with Gasteiger partial charge in [-0.15, -0.1) is 0 Å². The Morgan fingerprint density at radius 2 is 1.86 bits per heavy atom. The highest BCUT2D eigenvalue weighted by Gasteiger charge is 2.66. The third-order valence-corrected chi connectivity index (χ3v) is 10.7. The quantitative estimate of drug-likeness (QED) is 0.348. The Morgan fingerprint density at radius 1 is 1.11 bits per heavy atom. The molecule has 0 spiro atoms. The van der Waals surface area contributed by atoms with Crippen LogP contribution in [0.4, 0.5) is 0 Å². The number of carbonyl (C=O) groups is 2. The van der Waals surface area contributed by atoms with Crippen LogP contribution in [0.1, 0.15) is 71.8 Å². The van der Waals surface area contributed by atoms with Gasteiger partial charge in [-0.3, -0.25) is 13.9 Å². The van der Waals surface area contributed by atoms with Gasteiger partial charge < -0.3 is 25.3 Å². The number of ether oxygens (including phenoxy) is 1. The summed E-state index contributed by atoms with van der Waals surface area (Å²) in [4.78, 5) is 28.9. The summed E-state index contributed by atoms with van der Waals surface area (Å²) in [6.45, 7) is 6.63. The van der Waals surface area contributed by atoms with E-state index in [2.05, 4.69) is 47.5 Å². The number of carbonyl (C=O) groups excluding carboxylic acids is 2. The summed E-state index contributed by atoms with van der Waals surface area (Å²) in [5.41, 5.74) is 12.7. The second-order valence-electron chi connectivity index (χ2n) is 13.5. The first kappa shape index (κ1) is 29.4. The maximum atomic E-state index is 14.6. The van der Waals surface area contributed by atoms with E-state index in [1.54, 1.807) is 11.4 Å². The molecule has 8 rings (SSSR count). The molecule has 4 unspecified atom stereocenters. The minimum Gasteiger partial charge on any atom is -0.497 e. The molecule has 4 atom stereocenters. The molecule has 2 saturated heterocycles. The number of hydrogen-bond acceptors (Lipinski definition) is 6. The summed E-state index contributed by atoms with van der Waals surface area (Å²) in [6.07, 6.45) is 6.85. The molecule has 4 fully saturated rings. The van der Waals surface area contributed by atoms with Crippen molar-refractivity contribution in [1.82, 2.24) is 19.1 Å². The number of nitrogens with two attached hydrogens (primary N) is 1. The summed E-state index contributed by atoms with van der Waals surface area (Å²) < 4.78 is 9.76. The number of nitrogens with one attached hydrogen (secondary N) is 1. The predicted molar refractivity (Wildman–Crippen MR) is 177 cm³/mol. The zero-order chi connectivity index (χ0) is 30.9. The molecule has 8 nitrogen and oxygen atoms in total. The molecule has 232 valence electrons. The van der Waals surface area contributed by atoms with Crippen molar-refractivity contribution in [2.45, 2.75) is 62.9 Å². The zero-order valence-corrected chi connectivity index (χ0v) is 26.8. The fourth-order valence-electron chi connectivity index (χ4n) is 8.54. The molecule has 0 bridgehead atoms. The van der Waals surface area contributed by atoms with Crippen molar-refractivity contribution >= 4 is 35.5 Å². The number of primary amides is 1. The van der Waals surface area contributed by atoms with Crippen LogP contribution in [0.15, 0.2) is 48.7 Å². The highest BCUT2D eigenvalue weighted by Crippen LogP contribution is 2.67. The molecule has 3 aromatic rings. The van der Waals surface area contributed by atoms with Crippen molar-refractivity contribution in [2.24, 2.45) is 17.1 Å². The summed E-state index contributed by atoms with van der Waals surface area (Å²) in [5, 5.41) is 4.63. The topological polar surface area (TPSA) is 92.8 Å². The van der Waals surface area contributed by atoms with Gasteiger partial charge in [0.1, 0.15) is 5.75 Å².